The molecule has 1 amide bonds. The summed E-state index contributed by atoms with van der Waals surface area (Å²) in [5, 5.41) is 13.1. The summed E-state index contributed by atoms with van der Waals surface area (Å²) in [6.07, 6.45) is 5.66. The lowest BCUT2D eigenvalue weighted by molar-refractivity contribution is -0.120. The highest BCUT2D eigenvalue weighted by atomic mass is 16.3. The Balaban J connectivity index is 1.89. The van der Waals surface area contributed by atoms with Gasteiger partial charge in [-0.15, -0.1) is 0 Å². The number of amides is 1. The molecule has 0 saturated heterocycles. The smallest absolute Gasteiger partial charge is 0.224 e. The van der Waals surface area contributed by atoms with Crippen molar-refractivity contribution < 1.29 is 9.90 Å². The fourth-order valence-electron chi connectivity index (χ4n) is 2.81. The van der Waals surface area contributed by atoms with Crippen LogP contribution in [0.3, 0.4) is 0 Å². The highest BCUT2D eigenvalue weighted by Crippen LogP contribution is 2.17. The van der Waals surface area contributed by atoms with Crippen molar-refractivity contribution in [2.45, 2.75) is 33.1 Å². The van der Waals surface area contributed by atoms with E-state index in [1.807, 2.05) is 18.3 Å². The first-order valence-corrected chi connectivity index (χ1v) is 7.88. The van der Waals surface area contributed by atoms with Crippen molar-refractivity contribution in [3.8, 4) is 0 Å². The van der Waals surface area contributed by atoms with Crippen LogP contribution < -0.4 is 5.32 Å². The van der Waals surface area contributed by atoms with E-state index in [-0.39, 0.29) is 12.5 Å². The van der Waals surface area contributed by atoms with Gasteiger partial charge in [0.1, 0.15) is 5.65 Å². The highest BCUT2D eigenvalue weighted by molar-refractivity contribution is 5.87. The Morgan fingerprint density at radius 2 is 2.27 bits per heavy atom. The van der Waals surface area contributed by atoms with Crippen LogP contribution in [-0.2, 0) is 11.2 Å². The molecule has 5 heteroatoms. The van der Waals surface area contributed by atoms with Crippen molar-refractivity contribution >= 4 is 16.9 Å². The molecule has 5 nitrogen and oxygen atoms in total. The number of H-pyrrole nitrogens is 1. The third-order valence-corrected chi connectivity index (χ3v) is 3.82. The Morgan fingerprint density at radius 1 is 1.45 bits per heavy atom. The summed E-state index contributed by atoms with van der Waals surface area (Å²) >= 11 is 0. The standard InChI is InChI=1S/C17H25N3O2/c1-12(2)8-13(5-7-21)10-19-16(22)9-14-11-20-17-15(14)4-3-6-18-17/h3-4,6,11-13,21H,5,7-10H2,1-2H3,(H,18,20)(H,19,22). The van der Waals surface area contributed by atoms with E-state index in [2.05, 4.69) is 29.1 Å². The van der Waals surface area contributed by atoms with Crippen molar-refractivity contribution in [3.05, 3.63) is 30.1 Å². The molecule has 0 aliphatic carbocycles. The van der Waals surface area contributed by atoms with E-state index in [9.17, 15) is 4.79 Å². The molecular formula is C17H25N3O2. The van der Waals surface area contributed by atoms with Gasteiger partial charge in [0, 0.05) is 30.9 Å². The number of carbonyl (C=O) groups is 1. The predicted molar refractivity (Wildman–Crippen MR) is 87.5 cm³/mol. The van der Waals surface area contributed by atoms with Gasteiger partial charge >= 0.3 is 0 Å². The first kappa shape index (κ1) is 16.5. The Bertz CT molecular complexity index is 607. The number of aromatic nitrogens is 2. The molecule has 0 aromatic carbocycles. The van der Waals surface area contributed by atoms with Gasteiger partial charge in [-0.05, 0) is 42.4 Å². The first-order valence-electron chi connectivity index (χ1n) is 7.88. The van der Waals surface area contributed by atoms with Crippen LogP contribution in [0.25, 0.3) is 11.0 Å². The van der Waals surface area contributed by atoms with Crippen molar-refractivity contribution in [2.75, 3.05) is 13.2 Å². The van der Waals surface area contributed by atoms with Gasteiger partial charge in [0.2, 0.25) is 5.91 Å². The number of fused-ring (bicyclic) bond motifs is 1. The van der Waals surface area contributed by atoms with Gasteiger partial charge < -0.3 is 15.4 Å². The van der Waals surface area contributed by atoms with E-state index in [0.29, 0.717) is 24.8 Å². The zero-order valence-corrected chi connectivity index (χ0v) is 13.3. The molecule has 0 aliphatic rings. The van der Waals surface area contributed by atoms with E-state index in [0.717, 1.165) is 29.4 Å². The van der Waals surface area contributed by atoms with Crippen molar-refractivity contribution in [1.29, 1.82) is 0 Å². The number of nitrogens with one attached hydrogen (secondary N) is 2. The van der Waals surface area contributed by atoms with E-state index < -0.39 is 0 Å². The molecule has 1 unspecified atom stereocenters. The van der Waals surface area contributed by atoms with Gasteiger partial charge in [-0.25, -0.2) is 4.98 Å². The average molecular weight is 303 g/mol. The lowest BCUT2D eigenvalue weighted by Crippen LogP contribution is -2.31. The maximum atomic E-state index is 12.1. The molecule has 120 valence electrons. The second-order valence-electron chi connectivity index (χ2n) is 6.20. The molecule has 2 aromatic heterocycles. The zero-order valence-electron chi connectivity index (χ0n) is 13.3. The molecule has 2 rings (SSSR count). The summed E-state index contributed by atoms with van der Waals surface area (Å²) in [5.74, 6) is 0.906. The lowest BCUT2D eigenvalue weighted by atomic mass is 9.94. The SMILES string of the molecule is CC(C)CC(CCO)CNC(=O)Cc1c[nH]c2ncccc12. The minimum atomic E-state index is 0.0106. The van der Waals surface area contributed by atoms with E-state index >= 15 is 0 Å². The van der Waals surface area contributed by atoms with E-state index in [4.69, 9.17) is 5.11 Å². The normalized spacial score (nSPS) is 12.7. The quantitative estimate of drug-likeness (QED) is 0.700. The Morgan fingerprint density at radius 3 is 3.00 bits per heavy atom. The van der Waals surface area contributed by atoms with Crippen LogP contribution in [0.4, 0.5) is 0 Å². The summed E-state index contributed by atoms with van der Waals surface area (Å²) in [6, 6.07) is 3.84. The maximum Gasteiger partial charge on any atom is 0.224 e. The van der Waals surface area contributed by atoms with Crippen LogP contribution in [-0.4, -0.2) is 34.1 Å². The van der Waals surface area contributed by atoms with Gasteiger partial charge in [-0.1, -0.05) is 13.8 Å². The third-order valence-electron chi connectivity index (χ3n) is 3.82. The summed E-state index contributed by atoms with van der Waals surface area (Å²) < 4.78 is 0. The highest BCUT2D eigenvalue weighted by Gasteiger charge is 2.13. The second kappa shape index (κ2) is 7.94. The Hall–Kier alpha value is -1.88. The van der Waals surface area contributed by atoms with Crippen molar-refractivity contribution in [1.82, 2.24) is 15.3 Å². The Labute approximate surface area is 131 Å². The largest absolute Gasteiger partial charge is 0.396 e. The van der Waals surface area contributed by atoms with Crippen LogP contribution in [0.2, 0.25) is 0 Å². The molecule has 22 heavy (non-hydrogen) atoms. The number of aromatic amines is 1. The molecule has 2 aromatic rings. The monoisotopic (exact) mass is 303 g/mol. The molecule has 0 spiro atoms. The molecule has 0 radical (unpaired) electrons. The molecular weight excluding hydrogens is 278 g/mol. The van der Waals surface area contributed by atoms with Crippen LogP contribution in [0.15, 0.2) is 24.5 Å². The molecule has 2 heterocycles. The molecule has 0 saturated carbocycles. The fourth-order valence-corrected chi connectivity index (χ4v) is 2.81. The summed E-state index contributed by atoms with van der Waals surface area (Å²) in [4.78, 5) is 19.4. The predicted octanol–water partition coefficient (Wildman–Crippen LogP) is 2.27. The number of pyridine rings is 1. The Kier molecular flexibility index (Phi) is 5.95. The maximum absolute atomic E-state index is 12.1. The number of aliphatic hydroxyl groups excluding tert-OH is 1. The summed E-state index contributed by atoms with van der Waals surface area (Å²) in [7, 11) is 0. The third kappa shape index (κ3) is 4.56. The molecule has 0 aliphatic heterocycles. The van der Waals surface area contributed by atoms with Crippen molar-refractivity contribution in [3.63, 3.8) is 0 Å². The number of aliphatic hydroxyl groups is 1. The van der Waals surface area contributed by atoms with E-state index in [1.54, 1.807) is 6.20 Å². The van der Waals surface area contributed by atoms with Gasteiger partial charge in [0.15, 0.2) is 0 Å². The second-order valence-corrected chi connectivity index (χ2v) is 6.20. The summed E-state index contributed by atoms with van der Waals surface area (Å²) in [5.41, 5.74) is 1.77. The fraction of sp³-hybridized carbons (Fsp3) is 0.529. The van der Waals surface area contributed by atoms with Crippen LogP contribution >= 0.6 is 0 Å². The van der Waals surface area contributed by atoms with Crippen LogP contribution in [0, 0.1) is 11.8 Å². The number of hydrogen-bond donors (Lipinski definition) is 3. The molecule has 0 fully saturated rings. The minimum Gasteiger partial charge on any atom is -0.396 e. The molecule has 0 bridgehead atoms. The first-order chi connectivity index (χ1) is 10.6. The van der Waals surface area contributed by atoms with Gasteiger partial charge in [0.25, 0.3) is 0 Å². The number of carbonyl (C=O) groups excluding carboxylic acids is 1. The average Bonchev–Trinajstić information content (AvgIpc) is 2.88. The number of hydrogen-bond acceptors (Lipinski definition) is 3. The lowest BCUT2D eigenvalue weighted by Gasteiger charge is -2.18. The van der Waals surface area contributed by atoms with Crippen LogP contribution in [0.1, 0.15) is 32.3 Å². The summed E-state index contributed by atoms with van der Waals surface area (Å²) in [6.45, 7) is 5.11. The van der Waals surface area contributed by atoms with E-state index in [1.165, 1.54) is 0 Å². The van der Waals surface area contributed by atoms with Crippen LogP contribution in [0.5, 0.6) is 0 Å². The zero-order chi connectivity index (χ0) is 15.9. The number of rotatable bonds is 8. The topological polar surface area (TPSA) is 78.0 Å². The molecule has 3 N–H and O–H groups in total. The number of nitrogens with zero attached hydrogens (tertiary/aromatic N) is 1. The minimum absolute atomic E-state index is 0.0106. The van der Waals surface area contributed by atoms with Crippen molar-refractivity contribution in [2.24, 2.45) is 11.8 Å². The molecule has 1 atom stereocenters. The van der Waals surface area contributed by atoms with Gasteiger partial charge in [-0.2, -0.15) is 0 Å². The van der Waals surface area contributed by atoms with Gasteiger partial charge in [0.05, 0.1) is 6.42 Å². The van der Waals surface area contributed by atoms with Gasteiger partial charge in [-0.3, -0.25) is 4.79 Å².